The quantitative estimate of drug-likeness (QED) is 0.247. The van der Waals surface area contributed by atoms with Gasteiger partial charge in [0.15, 0.2) is 0 Å². The maximum Gasteiger partial charge on any atom is 0.137 e. The minimum atomic E-state index is -1.04. The van der Waals surface area contributed by atoms with E-state index in [0.29, 0.717) is 33.1 Å². The number of furan rings is 1. The molecule has 252 valence electrons. The van der Waals surface area contributed by atoms with E-state index in [1.54, 1.807) is 0 Å². The largest absolute Gasteiger partial charge is 0.456 e. The smallest absolute Gasteiger partial charge is 0.137 e. The zero-order valence-corrected chi connectivity index (χ0v) is 31.3. The lowest BCUT2D eigenvalue weighted by molar-refractivity contribution is 0.669. The lowest BCUT2D eigenvalue weighted by Gasteiger charge is -2.34. The minimum Gasteiger partial charge on any atom is -0.456 e. The number of benzene rings is 8. The fourth-order valence-electron chi connectivity index (χ4n) is 9.76. The van der Waals surface area contributed by atoms with Crippen molar-refractivity contribution in [1.82, 2.24) is 0 Å². The predicted octanol–water partition coefficient (Wildman–Crippen LogP) is 4.62. The first kappa shape index (κ1) is 35.0. The van der Waals surface area contributed by atoms with Crippen LogP contribution in [0.2, 0.25) is 0 Å². The standard InChI is InChI=1S/C49H24B7NO/c50-33-24-32-40(44(52)43(33)51)41-42(46(54)48(56)47(55)45(41)53)49(32)30-14-6-4-12-28(30)38-31(49)15-8-16-34(38)57(27-22-20-26(21-23-27)25-10-2-1-3-11-25)35-17-9-19-37-39(35)29-13-5-7-18-36(29)58-37/h1-24H. The molecule has 0 amide bonds. The second-order valence-corrected chi connectivity index (χ2v) is 15.1. The van der Waals surface area contributed by atoms with Gasteiger partial charge in [-0.05, 0) is 86.5 Å². The number of para-hydroxylation sites is 1. The average molecular weight is 718 g/mol. The number of fused-ring (bicyclic) bond motifs is 13. The zero-order valence-electron chi connectivity index (χ0n) is 31.3. The first-order valence-electron chi connectivity index (χ1n) is 19.1. The molecule has 9 heteroatoms. The molecule has 0 aliphatic heterocycles. The van der Waals surface area contributed by atoms with Gasteiger partial charge in [0.05, 0.1) is 22.2 Å². The number of rotatable bonds is 4. The van der Waals surface area contributed by atoms with Crippen LogP contribution in [0.25, 0.3) is 55.3 Å². The van der Waals surface area contributed by atoms with Crippen molar-refractivity contribution in [3.8, 4) is 33.4 Å². The molecule has 0 fully saturated rings. The van der Waals surface area contributed by atoms with Gasteiger partial charge in [0.1, 0.15) is 66.1 Å². The van der Waals surface area contributed by atoms with E-state index in [1.807, 2.05) is 48.5 Å². The van der Waals surface area contributed by atoms with Gasteiger partial charge in [-0.15, -0.1) is 21.9 Å². The fraction of sp³-hybridized carbons (Fsp3) is 0.0204. The number of hydrogen-bond donors (Lipinski definition) is 0. The van der Waals surface area contributed by atoms with Gasteiger partial charge in [-0.3, -0.25) is 0 Å². The average Bonchev–Trinajstić information content (AvgIpc) is 3.89. The Hall–Kier alpha value is -6.19. The molecule has 2 aliphatic rings. The Morgan fingerprint density at radius 2 is 1.05 bits per heavy atom. The van der Waals surface area contributed by atoms with Crippen LogP contribution in [0, 0.1) is 0 Å². The van der Waals surface area contributed by atoms with E-state index < -0.39 is 5.41 Å². The molecule has 1 atom stereocenters. The Labute approximate surface area is 346 Å². The number of anilines is 3. The Bertz CT molecular complexity index is 3210. The molecule has 0 bridgehead atoms. The highest BCUT2D eigenvalue weighted by atomic mass is 16.3. The van der Waals surface area contributed by atoms with Gasteiger partial charge in [-0.2, -0.15) is 0 Å². The first-order valence-corrected chi connectivity index (χ1v) is 19.1. The van der Waals surface area contributed by atoms with Crippen molar-refractivity contribution in [2.45, 2.75) is 5.41 Å². The first-order chi connectivity index (χ1) is 28.2. The van der Waals surface area contributed by atoms with Gasteiger partial charge in [-0.1, -0.05) is 126 Å². The van der Waals surface area contributed by atoms with Crippen LogP contribution >= 0.6 is 0 Å². The molecular formula is C49H24B7NO. The molecule has 2 nitrogen and oxygen atoms in total. The molecule has 8 aromatic carbocycles. The molecule has 2 aliphatic carbocycles. The third kappa shape index (κ3) is 4.53. The van der Waals surface area contributed by atoms with Crippen LogP contribution in [0.1, 0.15) is 22.3 Å². The van der Waals surface area contributed by atoms with Crippen molar-refractivity contribution in [3.05, 3.63) is 168 Å². The summed E-state index contributed by atoms with van der Waals surface area (Å²) in [5.41, 5.74) is 14.3. The van der Waals surface area contributed by atoms with E-state index in [9.17, 15) is 0 Å². The van der Waals surface area contributed by atoms with Crippen molar-refractivity contribution in [2.75, 3.05) is 4.90 Å². The van der Waals surface area contributed by atoms with Crippen LogP contribution in [-0.4, -0.2) is 54.9 Å². The highest BCUT2D eigenvalue weighted by Crippen LogP contribution is 2.63. The number of nitrogens with zero attached hydrogens (tertiary/aromatic N) is 1. The summed E-state index contributed by atoms with van der Waals surface area (Å²) in [5, 5.41) is 2.01. The summed E-state index contributed by atoms with van der Waals surface area (Å²) in [6.07, 6.45) is 0. The van der Waals surface area contributed by atoms with Crippen molar-refractivity contribution >= 4 is 132 Å². The second kappa shape index (κ2) is 12.7. The number of hydrogen-bond acceptors (Lipinski definition) is 2. The van der Waals surface area contributed by atoms with E-state index in [0.717, 1.165) is 77.9 Å². The van der Waals surface area contributed by atoms with Gasteiger partial charge in [-0.25, -0.2) is 0 Å². The Morgan fingerprint density at radius 1 is 0.431 bits per heavy atom. The molecule has 1 heterocycles. The van der Waals surface area contributed by atoms with Crippen molar-refractivity contribution in [3.63, 3.8) is 0 Å². The van der Waals surface area contributed by atoms with Crippen LogP contribution in [0.5, 0.6) is 0 Å². The van der Waals surface area contributed by atoms with Gasteiger partial charge < -0.3 is 9.32 Å². The summed E-state index contributed by atoms with van der Waals surface area (Å²) in [6.45, 7) is 0. The highest BCUT2D eigenvalue weighted by Gasteiger charge is 2.54. The van der Waals surface area contributed by atoms with Gasteiger partial charge in [0.2, 0.25) is 0 Å². The normalized spacial score (nSPS) is 14.8. The Morgan fingerprint density at radius 3 is 1.86 bits per heavy atom. The molecule has 11 rings (SSSR count). The molecular weight excluding hydrogens is 694 g/mol. The van der Waals surface area contributed by atoms with Crippen LogP contribution in [0.15, 0.2) is 150 Å². The topological polar surface area (TPSA) is 16.4 Å². The Kier molecular flexibility index (Phi) is 7.64. The third-order valence-electron chi connectivity index (χ3n) is 12.3. The molecule has 1 spiro atoms. The SMILES string of the molecule is [B]c1cc2c(c([B])c1[B])-c1c([B])c([B])c([B])c([B])c1C21c2ccccc2-c2c(N(c3ccc(-c4ccccc4)cc3)c3cccc4oc5ccccc5c34)cccc21. The fourth-order valence-corrected chi connectivity index (χ4v) is 9.76. The second-order valence-electron chi connectivity index (χ2n) is 15.1. The molecule has 9 aromatic rings. The summed E-state index contributed by atoms with van der Waals surface area (Å²) < 4.78 is 6.46. The summed E-state index contributed by atoms with van der Waals surface area (Å²) in [5.74, 6) is 0. The maximum atomic E-state index is 7.14. The van der Waals surface area contributed by atoms with Crippen molar-refractivity contribution < 1.29 is 4.42 Å². The molecule has 1 aromatic heterocycles. The summed E-state index contributed by atoms with van der Waals surface area (Å²) >= 11 is 0. The lowest BCUT2D eigenvalue weighted by atomic mass is 9.59. The Balaban J connectivity index is 1.27. The monoisotopic (exact) mass is 719 g/mol. The van der Waals surface area contributed by atoms with Crippen LogP contribution < -0.4 is 43.1 Å². The summed E-state index contributed by atoms with van der Waals surface area (Å²) in [4.78, 5) is 2.32. The summed E-state index contributed by atoms with van der Waals surface area (Å²) in [7, 11) is 47.6. The van der Waals surface area contributed by atoms with E-state index in [1.165, 1.54) is 0 Å². The van der Waals surface area contributed by atoms with Gasteiger partial charge >= 0.3 is 0 Å². The molecule has 0 saturated heterocycles. The van der Waals surface area contributed by atoms with E-state index in [4.69, 9.17) is 59.3 Å². The van der Waals surface area contributed by atoms with Crippen LogP contribution in [0.4, 0.5) is 17.1 Å². The molecule has 0 saturated carbocycles. The predicted molar refractivity (Wildman–Crippen MR) is 248 cm³/mol. The van der Waals surface area contributed by atoms with E-state index in [-0.39, 0.29) is 21.9 Å². The van der Waals surface area contributed by atoms with E-state index >= 15 is 0 Å². The van der Waals surface area contributed by atoms with Gasteiger partial charge in [0.25, 0.3) is 0 Å². The maximum absolute atomic E-state index is 7.14. The molecule has 58 heavy (non-hydrogen) atoms. The van der Waals surface area contributed by atoms with Crippen LogP contribution in [0.3, 0.4) is 0 Å². The van der Waals surface area contributed by atoms with E-state index in [2.05, 4.69) is 102 Å². The van der Waals surface area contributed by atoms with Crippen molar-refractivity contribution in [2.24, 2.45) is 0 Å². The third-order valence-corrected chi connectivity index (χ3v) is 12.3. The van der Waals surface area contributed by atoms with Crippen molar-refractivity contribution in [1.29, 1.82) is 0 Å². The molecule has 1 unspecified atom stereocenters. The molecule has 0 N–H and O–H groups in total. The zero-order chi connectivity index (χ0) is 39.6. The highest BCUT2D eigenvalue weighted by molar-refractivity contribution is 6.65. The van der Waals surface area contributed by atoms with Gasteiger partial charge in [0, 0.05) is 16.6 Å². The molecule has 14 radical (unpaired) electrons. The lowest BCUT2D eigenvalue weighted by Crippen LogP contribution is -2.51. The minimum absolute atomic E-state index is 0.194. The summed E-state index contributed by atoms with van der Waals surface area (Å²) in [6, 6.07) is 50.1. The van der Waals surface area contributed by atoms with Crippen LogP contribution in [-0.2, 0) is 5.41 Å².